The molecule has 6 nitrogen and oxygen atoms in total. The van der Waals surface area contributed by atoms with Crippen molar-refractivity contribution in [3.05, 3.63) is 16.0 Å². The average molecular weight is 278 g/mol. The molecule has 1 aliphatic carbocycles. The number of halogens is 2. The lowest BCUT2D eigenvalue weighted by Crippen LogP contribution is -2.37. The smallest absolute Gasteiger partial charge is 0.296 e. The number of nitrogen functional groups attached to an aromatic ring is 1. The van der Waals surface area contributed by atoms with Gasteiger partial charge >= 0.3 is 0 Å². The van der Waals surface area contributed by atoms with Gasteiger partial charge in [0, 0.05) is 6.54 Å². The Kier molecular flexibility index (Phi) is 2.74. The lowest BCUT2D eigenvalue weighted by atomic mass is 10.1. The first-order valence-electron chi connectivity index (χ1n) is 5.20. The molecule has 0 bridgehead atoms. The summed E-state index contributed by atoms with van der Waals surface area (Å²) in [4.78, 5) is 12.0. The summed E-state index contributed by atoms with van der Waals surface area (Å²) in [7, 11) is 0. The molecule has 0 radical (unpaired) electrons. The van der Waals surface area contributed by atoms with Gasteiger partial charge in [-0.3, -0.25) is 4.79 Å². The van der Waals surface area contributed by atoms with Gasteiger partial charge in [-0.05, 0) is 13.3 Å². The maximum atomic E-state index is 12.0. The van der Waals surface area contributed by atoms with Crippen LogP contribution in [0.4, 0.5) is 5.95 Å². The number of hydrogen-bond acceptors (Lipinski definition) is 5. The number of nitrogens with zero attached hydrogens (tertiary/aromatic N) is 3. The molecule has 8 heteroatoms. The number of aromatic nitrogens is 3. The third kappa shape index (κ3) is 1.75. The molecule has 17 heavy (non-hydrogen) atoms. The molecule has 1 aromatic heterocycles. The summed E-state index contributed by atoms with van der Waals surface area (Å²) in [6.07, 6.45) is 0.466. The number of anilines is 1. The molecule has 94 valence electrons. The van der Waals surface area contributed by atoms with Crippen LogP contribution in [0.5, 0.6) is 0 Å². The highest BCUT2D eigenvalue weighted by Crippen LogP contribution is 2.63. The first-order valence-corrected chi connectivity index (χ1v) is 5.96. The Morgan fingerprint density at radius 1 is 1.53 bits per heavy atom. The van der Waals surface area contributed by atoms with E-state index in [2.05, 4.69) is 15.5 Å². The number of alkyl halides is 2. The fraction of sp³-hybridized carbons (Fsp3) is 0.667. The molecule has 3 N–H and O–H groups in total. The zero-order valence-electron chi connectivity index (χ0n) is 9.50. The van der Waals surface area contributed by atoms with Crippen LogP contribution in [0, 0.1) is 0 Å². The van der Waals surface area contributed by atoms with Gasteiger partial charge in [0.25, 0.3) is 5.56 Å². The molecule has 0 aromatic carbocycles. The van der Waals surface area contributed by atoms with E-state index in [1.807, 2.05) is 6.92 Å². The van der Waals surface area contributed by atoms with Gasteiger partial charge in [-0.1, -0.05) is 6.92 Å². The summed E-state index contributed by atoms with van der Waals surface area (Å²) in [6, 6.07) is 0. The van der Waals surface area contributed by atoms with Crippen molar-refractivity contribution < 1.29 is 0 Å². The predicted molar refractivity (Wildman–Crippen MR) is 67.0 cm³/mol. The summed E-state index contributed by atoms with van der Waals surface area (Å²) in [5, 5.41) is 10.6. The second kappa shape index (κ2) is 3.74. The SMILES string of the molecule is CCNc1nnc(C2(C)CC2(Cl)Cl)c(=O)n1N. The highest BCUT2D eigenvalue weighted by molar-refractivity contribution is 6.52. The van der Waals surface area contributed by atoms with Gasteiger partial charge < -0.3 is 11.2 Å². The second-order valence-corrected chi connectivity index (χ2v) is 5.77. The van der Waals surface area contributed by atoms with Crippen LogP contribution in [0.2, 0.25) is 0 Å². The van der Waals surface area contributed by atoms with Gasteiger partial charge in [0.1, 0.15) is 10.0 Å². The van der Waals surface area contributed by atoms with Gasteiger partial charge in [-0.2, -0.15) is 4.68 Å². The van der Waals surface area contributed by atoms with E-state index in [9.17, 15) is 4.79 Å². The summed E-state index contributed by atoms with van der Waals surface area (Å²) < 4.78 is -0.0349. The number of hydrogen-bond donors (Lipinski definition) is 2. The number of rotatable bonds is 3. The first-order chi connectivity index (χ1) is 7.83. The van der Waals surface area contributed by atoms with Gasteiger partial charge in [0.15, 0.2) is 0 Å². The van der Waals surface area contributed by atoms with Crippen LogP contribution in [0.15, 0.2) is 4.79 Å². The largest absolute Gasteiger partial charge is 0.353 e. The highest BCUT2D eigenvalue weighted by atomic mass is 35.5. The summed E-state index contributed by atoms with van der Waals surface area (Å²) >= 11 is 12.0. The van der Waals surface area contributed by atoms with Crippen molar-refractivity contribution in [2.45, 2.75) is 30.0 Å². The lowest BCUT2D eigenvalue weighted by molar-refractivity contribution is 0.664. The Morgan fingerprint density at radius 2 is 2.12 bits per heavy atom. The topological polar surface area (TPSA) is 85.8 Å². The number of nitrogens with one attached hydrogen (secondary N) is 1. The van der Waals surface area contributed by atoms with E-state index in [-0.39, 0.29) is 11.6 Å². The third-order valence-electron chi connectivity index (χ3n) is 3.01. The molecule has 1 heterocycles. The predicted octanol–water partition coefficient (Wildman–Crippen LogP) is 0.619. The fourth-order valence-electron chi connectivity index (χ4n) is 1.68. The van der Waals surface area contributed by atoms with E-state index < -0.39 is 15.3 Å². The van der Waals surface area contributed by atoms with Crippen LogP contribution < -0.4 is 16.7 Å². The average Bonchev–Trinajstić information content (AvgIpc) is 2.75. The lowest BCUT2D eigenvalue weighted by Gasteiger charge is -2.13. The minimum absolute atomic E-state index is 0.201. The van der Waals surface area contributed by atoms with Crippen molar-refractivity contribution in [3.63, 3.8) is 0 Å². The summed E-state index contributed by atoms with van der Waals surface area (Å²) in [5.74, 6) is 5.86. The van der Waals surface area contributed by atoms with Crippen molar-refractivity contribution in [2.75, 3.05) is 17.7 Å². The van der Waals surface area contributed by atoms with Gasteiger partial charge in [0.05, 0.1) is 5.41 Å². The Balaban J connectivity index is 2.47. The normalized spacial score (nSPS) is 25.6. The van der Waals surface area contributed by atoms with Crippen LogP contribution in [0.1, 0.15) is 26.0 Å². The van der Waals surface area contributed by atoms with E-state index in [1.54, 1.807) is 6.92 Å². The van der Waals surface area contributed by atoms with E-state index in [4.69, 9.17) is 29.0 Å². The van der Waals surface area contributed by atoms with Gasteiger partial charge in [-0.25, -0.2) is 0 Å². The van der Waals surface area contributed by atoms with Crippen LogP contribution in [-0.2, 0) is 5.41 Å². The van der Waals surface area contributed by atoms with E-state index in [0.717, 1.165) is 4.68 Å². The van der Waals surface area contributed by atoms with E-state index in [0.29, 0.717) is 13.0 Å². The Bertz CT molecular complexity index is 515. The zero-order chi connectivity index (χ0) is 12.8. The number of nitrogens with two attached hydrogens (primary N) is 1. The minimum atomic E-state index is -0.965. The monoisotopic (exact) mass is 277 g/mol. The Labute approximate surface area is 108 Å². The Hall–Kier alpha value is -1.01. The summed E-state index contributed by atoms with van der Waals surface area (Å²) in [5.41, 5.74) is -0.903. The van der Waals surface area contributed by atoms with Crippen molar-refractivity contribution in [3.8, 4) is 0 Å². The first kappa shape index (κ1) is 12.4. The van der Waals surface area contributed by atoms with Gasteiger partial charge in [-0.15, -0.1) is 33.4 Å². The zero-order valence-corrected chi connectivity index (χ0v) is 11.0. The van der Waals surface area contributed by atoms with Crippen molar-refractivity contribution in [2.24, 2.45) is 0 Å². The molecular weight excluding hydrogens is 265 g/mol. The van der Waals surface area contributed by atoms with Crippen molar-refractivity contribution in [1.29, 1.82) is 0 Å². The van der Waals surface area contributed by atoms with Crippen LogP contribution in [0.25, 0.3) is 0 Å². The molecule has 2 rings (SSSR count). The second-order valence-electron chi connectivity index (χ2n) is 4.29. The van der Waals surface area contributed by atoms with E-state index >= 15 is 0 Å². The van der Waals surface area contributed by atoms with Crippen molar-refractivity contribution in [1.82, 2.24) is 14.9 Å². The minimum Gasteiger partial charge on any atom is -0.353 e. The maximum absolute atomic E-state index is 12.0. The molecule has 1 atom stereocenters. The molecular formula is C9H13Cl2N5O. The maximum Gasteiger partial charge on any atom is 0.296 e. The molecule has 0 amide bonds. The molecule has 0 aliphatic heterocycles. The van der Waals surface area contributed by atoms with E-state index in [1.165, 1.54) is 0 Å². The molecule has 1 fully saturated rings. The fourth-order valence-corrected chi connectivity index (χ4v) is 2.39. The quantitative estimate of drug-likeness (QED) is 0.625. The third-order valence-corrected chi connectivity index (χ3v) is 4.11. The molecule has 1 unspecified atom stereocenters. The molecule has 1 aromatic rings. The molecule has 1 aliphatic rings. The van der Waals surface area contributed by atoms with Crippen LogP contribution in [0.3, 0.4) is 0 Å². The standard InChI is InChI=1S/C9H13Cl2N5O/c1-3-13-7-15-14-5(6(17)16(7)12)8(2)4-9(8,10)11/h3-4,12H2,1-2H3,(H,13,15). The molecule has 0 spiro atoms. The summed E-state index contributed by atoms with van der Waals surface area (Å²) in [6.45, 7) is 4.23. The van der Waals surface area contributed by atoms with Crippen molar-refractivity contribution >= 4 is 29.2 Å². The van der Waals surface area contributed by atoms with Crippen LogP contribution >= 0.6 is 23.2 Å². The van der Waals surface area contributed by atoms with Crippen LogP contribution in [-0.4, -0.2) is 25.8 Å². The highest BCUT2D eigenvalue weighted by Gasteiger charge is 2.66. The molecule has 1 saturated carbocycles. The Morgan fingerprint density at radius 3 is 2.59 bits per heavy atom. The van der Waals surface area contributed by atoms with Gasteiger partial charge in [0.2, 0.25) is 5.95 Å². The molecule has 0 saturated heterocycles.